The van der Waals surface area contributed by atoms with Crippen molar-refractivity contribution in [2.24, 2.45) is 5.41 Å². The molecule has 2 nitrogen and oxygen atoms in total. The predicted octanol–water partition coefficient (Wildman–Crippen LogP) is 3.22. The normalized spacial score (nSPS) is 11.9. The summed E-state index contributed by atoms with van der Waals surface area (Å²) in [6.07, 6.45) is 2.77. The number of pyridine rings is 2. The summed E-state index contributed by atoms with van der Waals surface area (Å²) in [5.41, 5.74) is 2.24. The van der Waals surface area contributed by atoms with Crippen molar-refractivity contribution < 1.29 is 0 Å². The third kappa shape index (κ3) is 2.52. The Kier molecular flexibility index (Phi) is 2.43. The van der Waals surface area contributed by atoms with Crippen LogP contribution in [-0.2, 0) is 6.42 Å². The molecule has 0 bridgehead atoms. The summed E-state index contributed by atoms with van der Waals surface area (Å²) in [7, 11) is 0. The minimum Gasteiger partial charge on any atom is -0.237 e. The highest BCUT2D eigenvalue weighted by atomic mass is 14.8. The van der Waals surface area contributed by atoms with Gasteiger partial charge < -0.3 is 0 Å². The molecule has 15 heavy (non-hydrogen) atoms. The van der Waals surface area contributed by atoms with E-state index in [2.05, 4.69) is 42.9 Å². The van der Waals surface area contributed by atoms with Crippen molar-refractivity contribution in [3.63, 3.8) is 0 Å². The maximum Gasteiger partial charge on any atom is 0.159 e. The maximum absolute atomic E-state index is 4.55. The van der Waals surface area contributed by atoms with Crippen LogP contribution in [-0.4, -0.2) is 9.97 Å². The van der Waals surface area contributed by atoms with E-state index in [-0.39, 0.29) is 5.41 Å². The van der Waals surface area contributed by atoms with Gasteiger partial charge in [-0.2, -0.15) is 0 Å². The monoisotopic (exact) mass is 200 g/mol. The second kappa shape index (κ2) is 3.61. The smallest absolute Gasteiger partial charge is 0.159 e. The Morgan fingerprint density at radius 1 is 1.13 bits per heavy atom. The predicted molar refractivity (Wildman–Crippen MR) is 62.7 cm³/mol. The number of aromatic nitrogens is 2. The van der Waals surface area contributed by atoms with Gasteiger partial charge in [-0.3, -0.25) is 0 Å². The van der Waals surface area contributed by atoms with Gasteiger partial charge in [-0.15, -0.1) is 0 Å². The van der Waals surface area contributed by atoms with E-state index in [0.717, 1.165) is 23.1 Å². The van der Waals surface area contributed by atoms with Gasteiger partial charge in [0, 0.05) is 17.3 Å². The molecular formula is C13H16N2. The van der Waals surface area contributed by atoms with Crippen LogP contribution in [0.2, 0.25) is 0 Å². The van der Waals surface area contributed by atoms with Crippen molar-refractivity contribution in [2.75, 3.05) is 0 Å². The molecule has 0 unspecified atom stereocenters. The quantitative estimate of drug-likeness (QED) is 0.706. The number of rotatable bonds is 1. The number of nitrogens with zero attached hydrogens (tertiary/aromatic N) is 2. The molecular weight excluding hydrogens is 184 g/mol. The average Bonchev–Trinajstić information content (AvgIpc) is 2.15. The van der Waals surface area contributed by atoms with E-state index in [9.17, 15) is 0 Å². The molecule has 0 aromatic carbocycles. The Labute approximate surface area is 90.4 Å². The summed E-state index contributed by atoms with van der Waals surface area (Å²) in [5, 5.41) is 1.11. The van der Waals surface area contributed by atoms with Crippen molar-refractivity contribution >= 4 is 11.0 Å². The van der Waals surface area contributed by atoms with Crippen molar-refractivity contribution in [3.05, 3.63) is 36.2 Å². The molecule has 2 aromatic rings. The molecule has 0 saturated carbocycles. The number of fused-ring (bicyclic) bond motifs is 1. The number of hydrogen-bond donors (Lipinski definition) is 0. The first-order valence-corrected chi connectivity index (χ1v) is 5.25. The second-order valence-electron chi connectivity index (χ2n) is 5.09. The van der Waals surface area contributed by atoms with Gasteiger partial charge in [0.2, 0.25) is 0 Å². The molecule has 0 fully saturated rings. The summed E-state index contributed by atoms with van der Waals surface area (Å²) in [6, 6.07) is 8.16. The SMILES string of the molecule is CC(C)(C)Cc1ccc2cccnc2n1. The summed E-state index contributed by atoms with van der Waals surface area (Å²) in [6.45, 7) is 6.66. The highest BCUT2D eigenvalue weighted by Gasteiger charge is 2.12. The molecule has 2 heterocycles. The van der Waals surface area contributed by atoms with Crippen LogP contribution in [0, 0.1) is 5.41 Å². The largest absolute Gasteiger partial charge is 0.237 e. The Morgan fingerprint density at radius 2 is 1.93 bits per heavy atom. The van der Waals surface area contributed by atoms with Crippen LogP contribution in [0.1, 0.15) is 26.5 Å². The Hall–Kier alpha value is -1.44. The zero-order chi connectivity index (χ0) is 10.9. The molecule has 0 amide bonds. The van der Waals surface area contributed by atoms with Gasteiger partial charge >= 0.3 is 0 Å². The molecule has 0 saturated heterocycles. The van der Waals surface area contributed by atoms with E-state index in [4.69, 9.17) is 0 Å². The summed E-state index contributed by atoms with van der Waals surface area (Å²) in [4.78, 5) is 8.81. The van der Waals surface area contributed by atoms with E-state index >= 15 is 0 Å². The third-order valence-corrected chi connectivity index (χ3v) is 2.23. The van der Waals surface area contributed by atoms with Crippen molar-refractivity contribution in [1.29, 1.82) is 0 Å². The third-order valence-electron chi connectivity index (χ3n) is 2.23. The molecule has 0 aliphatic rings. The topological polar surface area (TPSA) is 25.8 Å². The van der Waals surface area contributed by atoms with E-state index < -0.39 is 0 Å². The molecule has 78 valence electrons. The molecule has 0 N–H and O–H groups in total. The Bertz CT molecular complexity index is 469. The fraction of sp³-hybridized carbons (Fsp3) is 0.385. The van der Waals surface area contributed by atoms with Gasteiger partial charge in [0.05, 0.1) is 0 Å². The van der Waals surface area contributed by atoms with Crippen molar-refractivity contribution in [2.45, 2.75) is 27.2 Å². The van der Waals surface area contributed by atoms with Crippen LogP contribution in [0.15, 0.2) is 30.5 Å². The van der Waals surface area contributed by atoms with Gasteiger partial charge in [0.15, 0.2) is 5.65 Å². The van der Waals surface area contributed by atoms with Crippen molar-refractivity contribution in [1.82, 2.24) is 9.97 Å². The Balaban J connectivity index is 2.39. The first-order valence-electron chi connectivity index (χ1n) is 5.25. The molecule has 0 aliphatic carbocycles. The average molecular weight is 200 g/mol. The standard InChI is InChI=1S/C13H16N2/c1-13(2,3)9-11-7-6-10-5-4-8-14-12(10)15-11/h4-8H,9H2,1-3H3. The molecule has 0 atom stereocenters. The highest BCUT2D eigenvalue weighted by molar-refractivity contribution is 5.74. The first-order chi connectivity index (χ1) is 7.04. The Morgan fingerprint density at radius 3 is 2.67 bits per heavy atom. The lowest BCUT2D eigenvalue weighted by Crippen LogP contribution is -2.10. The van der Waals surface area contributed by atoms with Gasteiger partial charge in [0.1, 0.15) is 0 Å². The van der Waals surface area contributed by atoms with Gasteiger partial charge in [-0.25, -0.2) is 9.97 Å². The van der Waals surface area contributed by atoms with E-state index in [1.165, 1.54) is 0 Å². The fourth-order valence-corrected chi connectivity index (χ4v) is 1.63. The summed E-state index contributed by atoms with van der Waals surface area (Å²) < 4.78 is 0. The van der Waals surface area contributed by atoms with Crippen LogP contribution in [0.4, 0.5) is 0 Å². The van der Waals surface area contributed by atoms with E-state index in [1.807, 2.05) is 12.1 Å². The van der Waals surface area contributed by atoms with Crippen LogP contribution < -0.4 is 0 Å². The molecule has 0 spiro atoms. The van der Waals surface area contributed by atoms with E-state index in [0.29, 0.717) is 0 Å². The van der Waals surface area contributed by atoms with Gasteiger partial charge in [-0.1, -0.05) is 20.8 Å². The van der Waals surface area contributed by atoms with Crippen LogP contribution in [0.5, 0.6) is 0 Å². The number of hydrogen-bond acceptors (Lipinski definition) is 2. The second-order valence-corrected chi connectivity index (χ2v) is 5.09. The molecule has 2 heteroatoms. The zero-order valence-corrected chi connectivity index (χ0v) is 9.49. The minimum absolute atomic E-state index is 0.273. The highest BCUT2D eigenvalue weighted by Crippen LogP contribution is 2.20. The molecule has 2 aromatic heterocycles. The lowest BCUT2D eigenvalue weighted by Gasteiger charge is -2.17. The van der Waals surface area contributed by atoms with Gasteiger partial charge in [0.25, 0.3) is 0 Å². The molecule has 0 radical (unpaired) electrons. The summed E-state index contributed by atoms with van der Waals surface area (Å²) in [5.74, 6) is 0. The first kappa shape index (κ1) is 10.1. The van der Waals surface area contributed by atoms with Gasteiger partial charge in [-0.05, 0) is 36.1 Å². The molecule has 2 rings (SSSR count). The lowest BCUT2D eigenvalue weighted by molar-refractivity contribution is 0.407. The van der Waals surface area contributed by atoms with Crippen molar-refractivity contribution in [3.8, 4) is 0 Å². The van der Waals surface area contributed by atoms with Crippen LogP contribution in [0.3, 0.4) is 0 Å². The van der Waals surface area contributed by atoms with Crippen LogP contribution in [0.25, 0.3) is 11.0 Å². The van der Waals surface area contributed by atoms with E-state index in [1.54, 1.807) is 6.20 Å². The van der Waals surface area contributed by atoms with Crippen LogP contribution >= 0.6 is 0 Å². The maximum atomic E-state index is 4.55. The zero-order valence-electron chi connectivity index (χ0n) is 9.49. The summed E-state index contributed by atoms with van der Waals surface area (Å²) >= 11 is 0. The molecule has 0 aliphatic heterocycles. The minimum atomic E-state index is 0.273. The lowest BCUT2D eigenvalue weighted by atomic mass is 9.90. The fourth-order valence-electron chi connectivity index (χ4n) is 1.63.